The van der Waals surface area contributed by atoms with Crippen LogP contribution in [0.4, 0.5) is 23.2 Å². The van der Waals surface area contributed by atoms with E-state index in [2.05, 4.69) is 4.98 Å². The number of aromatic nitrogens is 3. The molecule has 10 heteroatoms. The Morgan fingerprint density at radius 3 is 2.61 bits per heavy atom. The van der Waals surface area contributed by atoms with Gasteiger partial charge < -0.3 is 9.64 Å². The monoisotopic (exact) mass is 500 g/mol. The second kappa shape index (κ2) is 9.00. The molecule has 5 rings (SSSR count). The fourth-order valence-electron chi connectivity index (χ4n) is 5.14. The van der Waals surface area contributed by atoms with Gasteiger partial charge in [0.25, 0.3) is 0 Å². The highest BCUT2D eigenvalue weighted by molar-refractivity contribution is 5.81. The quantitative estimate of drug-likeness (QED) is 0.355. The number of anilines is 1. The third-order valence-electron chi connectivity index (χ3n) is 6.71. The van der Waals surface area contributed by atoms with Crippen molar-refractivity contribution in [2.45, 2.75) is 32.1 Å². The van der Waals surface area contributed by atoms with Crippen LogP contribution in [0.15, 0.2) is 59.5 Å². The summed E-state index contributed by atoms with van der Waals surface area (Å²) in [6.45, 7) is 2.44. The number of fused-ring (bicyclic) bond motifs is 1. The van der Waals surface area contributed by atoms with Crippen LogP contribution in [0.2, 0.25) is 0 Å². The van der Waals surface area contributed by atoms with Gasteiger partial charge in [-0.05, 0) is 42.7 Å². The van der Waals surface area contributed by atoms with Gasteiger partial charge in [0.2, 0.25) is 5.88 Å². The van der Waals surface area contributed by atoms with E-state index in [0.717, 1.165) is 11.6 Å². The molecule has 2 aromatic heterocycles. The SMILES string of the molecule is COc1nccc2c1n(Cc1ccccc1C(F)(F)F)c(=O)n2C1CCN(c2c(C)cccc2F)C1. The number of aryl methyl sites for hydroxylation is 1. The summed E-state index contributed by atoms with van der Waals surface area (Å²) in [6, 6.07) is 11.4. The number of alkyl halides is 3. The first kappa shape index (κ1) is 23.9. The smallest absolute Gasteiger partial charge is 0.416 e. The van der Waals surface area contributed by atoms with Crippen LogP contribution in [0, 0.1) is 12.7 Å². The summed E-state index contributed by atoms with van der Waals surface area (Å²) < 4.78 is 63.9. The maximum Gasteiger partial charge on any atom is 0.416 e. The van der Waals surface area contributed by atoms with E-state index >= 15 is 0 Å². The van der Waals surface area contributed by atoms with E-state index in [-0.39, 0.29) is 29.8 Å². The van der Waals surface area contributed by atoms with E-state index in [1.807, 2.05) is 17.9 Å². The number of rotatable bonds is 5. The first-order chi connectivity index (χ1) is 17.2. The molecule has 0 aliphatic carbocycles. The van der Waals surface area contributed by atoms with Gasteiger partial charge in [-0.25, -0.2) is 14.2 Å². The Morgan fingerprint density at radius 2 is 1.89 bits per heavy atom. The van der Waals surface area contributed by atoms with Gasteiger partial charge in [0.05, 0.1) is 36.5 Å². The third-order valence-corrected chi connectivity index (χ3v) is 6.71. The normalized spacial score (nSPS) is 16.2. The molecule has 188 valence electrons. The molecule has 1 atom stereocenters. The molecule has 0 N–H and O–H groups in total. The Balaban J connectivity index is 1.61. The molecule has 3 heterocycles. The van der Waals surface area contributed by atoms with Gasteiger partial charge in [-0.15, -0.1) is 0 Å². The van der Waals surface area contributed by atoms with Crippen molar-refractivity contribution >= 4 is 16.7 Å². The summed E-state index contributed by atoms with van der Waals surface area (Å²) in [6.07, 6.45) is -2.50. The van der Waals surface area contributed by atoms with Crippen molar-refractivity contribution in [2.75, 3.05) is 25.1 Å². The molecule has 2 aromatic carbocycles. The maximum absolute atomic E-state index is 14.6. The lowest BCUT2D eigenvalue weighted by atomic mass is 10.1. The van der Waals surface area contributed by atoms with Gasteiger partial charge in [-0.2, -0.15) is 13.2 Å². The molecule has 0 saturated carbocycles. The molecule has 0 bridgehead atoms. The summed E-state index contributed by atoms with van der Waals surface area (Å²) in [5, 5.41) is 0. The molecule has 1 unspecified atom stereocenters. The van der Waals surface area contributed by atoms with Crippen molar-refractivity contribution in [1.82, 2.24) is 14.1 Å². The Kier molecular flexibility index (Phi) is 5.97. The molecule has 1 fully saturated rings. The van der Waals surface area contributed by atoms with Crippen molar-refractivity contribution in [2.24, 2.45) is 0 Å². The zero-order valence-corrected chi connectivity index (χ0v) is 19.7. The van der Waals surface area contributed by atoms with Crippen LogP contribution >= 0.6 is 0 Å². The Hall–Kier alpha value is -3.82. The van der Waals surface area contributed by atoms with E-state index < -0.39 is 17.4 Å². The zero-order chi connectivity index (χ0) is 25.6. The number of pyridine rings is 1. The summed E-state index contributed by atoms with van der Waals surface area (Å²) in [7, 11) is 1.40. The number of nitrogens with zero attached hydrogens (tertiary/aromatic N) is 4. The van der Waals surface area contributed by atoms with E-state index in [4.69, 9.17) is 4.74 Å². The average Bonchev–Trinajstić information content (AvgIpc) is 3.41. The predicted octanol–water partition coefficient (Wildman–Crippen LogP) is 5.17. The van der Waals surface area contributed by atoms with Crippen LogP contribution in [0.3, 0.4) is 0 Å². The maximum atomic E-state index is 14.6. The fourth-order valence-corrected chi connectivity index (χ4v) is 5.14. The minimum absolute atomic E-state index is 0.0351. The number of benzene rings is 2. The molecule has 1 aliphatic rings. The van der Waals surface area contributed by atoms with E-state index in [1.165, 1.54) is 42.1 Å². The van der Waals surface area contributed by atoms with Gasteiger partial charge in [0, 0.05) is 19.3 Å². The molecule has 0 radical (unpaired) electrons. The topological polar surface area (TPSA) is 52.3 Å². The minimum atomic E-state index is -4.57. The molecule has 1 aliphatic heterocycles. The summed E-state index contributed by atoms with van der Waals surface area (Å²) in [5.41, 5.74) is 0.811. The number of methoxy groups -OCH3 is 1. The first-order valence-corrected chi connectivity index (χ1v) is 11.5. The number of hydrogen-bond donors (Lipinski definition) is 0. The molecular weight excluding hydrogens is 476 g/mol. The highest BCUT2D eigenvalue weighted by Gasteiger charge is 2.34. The van der Waals surface area contributed by atoms with Crippen LogP contribution in [-0.4, -0.2) is 34.3 Å². The summed E-state index contributed by atoms with van der Waals surface area (Å²) in [5.74, 6) is -0.187. The first-order valence-electron chi connectivity index (χ1n) is 11.5. The second-order valence-corrected chi connectivity index (χ2v) is 8.88. The molecule has 4 aromatic rings. The molecule has 0 amide bonds. The number of ether oxygens (including phenoxy) is 1. The largest absolute Gasteiger partial charge is 0.479 e. The predicted molar refractivity (Wildman–Crippen MR) is 128 cm³/mol. The minimum Gasteiger partial charge on any atom is -0.479 e. The highest BCUT2D eigenvalue weighted by atomic mass is 19.4. The Bertz CT molecular complexity index is 1470. The van der Waals surface area contributed by atoms with Crippen molar-refractivity contribution in [3.05, 3.63) is 87.7 Å². The zero-order valence-electron chi connectivity index (χ0n) is 19.7. The molecular formula is C26H24F4N4O2. The lowest BCUT2D eigenvalue weighted by molar-refractivity contribution is -0.138. The van der Waals surface area contributed by atoms with Gasteiger partial charge in [-0.1, -0.05) is 30.3 Å². The number of para-hydroxylation sites is 1. The van der Waals surface area contributed by atoms with Crippen LogP contribution in [0.5, 0.6) is 5.88 Å². The Labute approximate surface area is 204 Å². The lowest BCUT2D eigenvalue weighted by Crippen LogP contribution is -2.30. The number of hydrogen-bond acceptors (Lipinski definition) is 4. The van der Waals surface area contributed by atoms with Gasteiger partial charge in [0.15, 0.2) is 0 Å². The highest BCUT2D eigenvalue weighted by Crippen LogP contribution is 2.35. The van der Waals surface area contributed by atoms with Gasteiger partial charge >= 0.3 is 11.9 Å². The fraction of sp³-hybridized carbons (Fsp3) is 0.308. The van der Waals surface area contributed by atoms with Crippen LogP contribution in [0.1, 0.15) is 29.2 Å². The van der Waals surface area contributed by atoms with E-state index in [9.17, 15) is 22.4 Å². The second-order valence-electron chi connectivity index (χ2n) is 8.88. The van der Waals surface area contributed by atoms with Crippen molar-refractivity contribution in [3.63, 3.8) is 0 Å². The molecule has 1 saturated heterocycles. The van der Waals surface area contributed by atoms with Gasteiger partial charge in [0.1, 0.15) is 11.3 Å². The van der Waals surface area contributed by atoms with Crippen molar-refractivity contribution in [1.29, 1.82) is 0 Å². The average molecular weight is 500 g/mol. The number of halogens is 4. The van der Waals surface area contributed by atoms with Crippen molar-refractivity contribution in [3.8, 4) is 5.88 Å². The molecule has 0 spiro atoms. The Morgan fingerprint density at radius 1 is 1.11 bits per heavy atom. The third kappa shape index (κ3) is 4.00. The van der Waals surface area contributed by atoms with Crippen LogP contribution < -0.4 is 15.3 Å². The van der Waals surface area contributed by atoms with E-state index in [1.54, 1.807) is 16.7 Å². The van der Waals surface area contributed by atoms with Crippen LogP contribution in [-0.2, 0) is 12.7 Å². The van der Waals surface area contributed by atoms with Crippen molar-refractivity contribution < 1.29 is 22.3 Å². The summed E-state index contributed by atoms with van der Waals surface area (Å²) in [4.78, 5) is 19.8. The van der Waals surface area contributed by atoms with Gasteiger partial charge in [-0.3, -0.25) is 9.13 Å². The number of imidazole rings is 1. The molecule has 6 nitrogen and oxygen atoms in total. The van der Waals surface area contributed by atoms with E-state index in [0.29, 0.717) is 36.2 Å². The standard InChI is InChI=1S/C26H24F4N4O2/c1-16-6-5-9-20(27)22(16)32-13-11-18(15-32)34-21-10-12-31-24(36-2)23(21)33(25(34)35)14-17-7-3-4-8-19(17)26(28,29)30/h3-10,12,18H,11,13-15H2,1-2H3. The summed E-state index contributed by atoms with van der Waals surface area (Å²) >= 11 is 0. The lowest BCUT2D eigenvalue weighted by Gasteiger charge is -2.21. The molecule has 36 heavy (non-hydrogen) atoms. The van der Waals surface area contributed by atoms with Crippen LogP contribution in [0.25, 0.3) is 11.0 Å².